The van der Waals surface area contributed by atoms with Gasteiger partial charge in [-0.1, -0.05) is 28.9 Å². The average Bonchev–Trinajstić information content (AvgIpc) is 2.81. The van der Waals surface area contributed by atoms with Gasteiger partial charge in [0.25, 0.3) is 0 Å². The molecule has 0 fully saturated rings. The molecule has 0 aliphatic rings. The second kappa shape index (κ2) is 5.18. The van der Waals surface area contributed by atoms with Gasteiger partial charge in [-0.15, -0.1) is 0 Å². The minimum absolute atomic E-state index is 0.0236. The smallest absolute Gasteiger partial charge is 0.177 e. The maximum absolute atomic E-state index is 14.0. The van der Waals surface area contributed by atoms with Crippen molar-refractivity contribution in [2.75, 3.05) is 5.73 Å². The van der Waals surface area contributed by atoms with Gasteiger partial charge < -0.3 is 10.3 Å². The highest BCUT2D eigenvalue weighted by Crippen LogP contribution is 2.38. The van der Waals surface area contributed by atoms with Crippen molar-refractivity contribution in [1.29, 1.82) is 0 Å². The van der Waals surface area contributed by atoms with Crippen molar-refractivity contribution in [2.24, 2.45) is 0 Å². The van der Waals surface area contributed by atoms with Crippen molar-refractivity contribution in [3.8, 4) is 22.5 Å². The Labute approximate surface area is 123 Å². The molecule has 0 unspecified atom stereocenters. The molecule has 0 aliphatic carbocycles. The normalized spacial score (nSPS) is 10.8. The molecule has 3 aromatic rings. The number of benzene rings is 2. The minimum atomic E-state index is -0.742. The van der Waals surface area contributed by atoms with E-state index in [1.54, 1.807) is 24.3 Å². The van der Waals surface area contributed by atoms with Gasteiger partial charge in [-0.3, -0.25) is 0 Å². The highest BCUT2D eigenvalue weighted by atomic mass is 35.5. The Kier molecular flexibility index (Phi) is 3.35. The molecule has 0 atom stereocenters. The van der Waals surface area contributed by atoms with E-state index < -0.39 is 11.6 Å². The van der Waals surface area contributed by atoms with Gasteiger partial charge in [0.15, 0.2) is 11.6 Å². The summed E-state index contributed by atoms with van der Waals surface area (Å²) in [5.41, 5.74) is 6.75. The first-order valence-corrected chi connectivity index (χ1v) is 6.40. The zero-order chi connectivity index (χ0) is 15.0. The van der Waals surface area contributed by atoms with Crippen LogP contribution in [0.5, 0.6) is 0 Å². The molecule has 106 valence electrons. The number of rotatable bonds is 2. The molecule has 1 heterocycles. The largest absolute Gasteiger partial charge is 0.380 e. The van der Waals surface area contributed by atoms with E-state index >= 15 is 0 Å². The summed E-state index contributed by atoms with van der Waals surface area (Å²) in [4.78, 5) is 0. The van der Waals surface area contributed by atoms with E-state index in [2.05, 4.69) is 5.16 Å². The number of hydrogen-bond acceptors (Lipinski definition) is 3. The summed E-state index contributed by atoms with van der Waals surface area (Å²) in [7, 11) is 0. The van der Waals surface area contributed by atoms with E-state index in [0.717, 1.165) is 12.1 Å². The predicted molar refractivity (Wildman–Crippen MR) is 76.7 cm³/mol. The second-order valence-corrected chi connectivity index (χ2v) is 4.84. The Morgan fingerprint density at radius 3 is 2.62 bits per heavy atom. The summed E-state index contributed by atoms with van der Waals surface area (Å²) in [5.74, 6) is -1.11. The van der Waals surface area contributed by atoms with Gasteiger partial charge in [0.05, 0.1) is 5.56 Å². The van der Waals surface area contributed by atoms with Gasteiger partial charge in [0.1, 0.15) is 11.6 Å². The Morgan fingerprint density at radius 2 is 1.90 bits per heavy atom. The molecule has 0 spiro atoms. The number of halogens is 3. The Morgan fingerprint density at radius 1 is 1.10 bits per heavy atom. The minimum Gasteiger partial charge on any atom is -0.380 e. The van der Waals surface area contributed by atoms with Crippen molar-refractivity contribution in [1.82, 2.24) is 5.16 Å². The van der Waals surface area contributed by atoms with Crippen LogP contribution < -0.4 is 5.73 Å². The molecule has 0 saturated carbocycles. The maximum Gasteiger partial charge on any atom is 0.177 e. The molecule has 0 amide bonds. The van der Waals surface area contributed by atoms with Crippen LogP contribution in [0.25, 0.3) is 22.5 Å². The predicted octanol–water partition coefficient (Wildman–Crippen LogP) is 4.52. The van der Waals surface area contributed by atoms with Crippen molar-refractivity contribution < 1.29 is 13.3 Å². The van der Waals surface area contributed by atoms with Crippen LogP contribution in [0.15, 0.2) is 47.0 Å². The zero-order valence-corrected chi connectivity index (χ0v) is 11.4. The SMILES string of the molecule is Nc1noc(-c2cccc(Cl)c2)c1-c1ccc(F)cc1F. The lowest BCUT2D eigenvalue weighted by Crippen LogP contribution is -1.92. The summed E-state index contributed by atoms with van der Waals surface area (Å²) in [5, 5.41) is 4.16. The fourth-order valence-corrected chi connectivity index (χ4v) is 2.27. The summed E-state index contributed by atoms with van der Waals surface area (Å²) >= 11 is 5.93. The van der Waals surface area contributed by atoms with Crippen molar-refractivity contribution in [3.63, 3.8) is 0 Å². The fourth-order valence-electron chi connectivity index (χ4n) is 2.08. The van der Waals surface area contributed by atoms with Gasteiger partial charge in [-0.25, -0.2) is 8.78 Å². The van der Waals surface area contributed by atoms with Crippen molar-refractivity contribution >= 4 is 17.4 Å². The Balaban J connectivity index is 2.22. The van der Waals surface area contributed by atoms with Crippen LogP contribution in [0.1, 0.15) is 0 Å². The molecule has 0 radical (unpaired) electrons. The van der Waals surface area contributed by atoms with E-state index in [4.69, 9.17) is 21.9 Å². The molecular weight excluding hydrogens is 298 g/mol. The zero-order valence-electron chi connectivity index (χ0n) is 10.6. The van der Waals surface area contributed by atoms with Crippen LogP contribution in [-0.4, -0.2) is 5.16 Å². The highest BCUT2D eigenvalue weighted by Gasteiger charge is 2.20. The summed E-state index contributed by atoms with van der Waals surface area (Å²) < 4.78 is 32.2. The molecule has 3 rings (SSSR count). The van der Waals surface area contributed by atoms with Gasteiger partial charge in [-0.2, -0.15) is 0 Å². The van der Waals surface area contributed by atoms with Crippen LogP contribution >= 0.6 is 11.6 Å². The first-order valence-electron chi connectivity index (χ1n) is 6.03. The Bertz CT molecular complexity index is 817. The second-order valence-electron chi connectivity index (χ2n) is 4.41. The summed E-state index contributed by atoms with van der Waals surface area (Å²) in [6, 6.07) is 10.0. The topological polar surface area (TPSA) is 52.0 Å². The average molecular weight is 307 g/mol. The standard InChI is InChI=1S/C15H9ClF2N2O/c16-9-3-1-2-8(6-9)14-13(15(19)20-21-14)11-5-4-10(17)7-12(11)18/h1-7H,(H2,19,20). The summed E-state index contributed by atoms with van der Waals surface area (Å²) in [6.07, 6.45) is 0. The van der Waals surface area contributed by atoms with Crippen LogP contribution in [-0.2, 0) is 0 Å². The van der Waals surface area contributed by atoms with Crippen molar-refractivity contribution in [3.05, 3.63) is 59.1 Å². The van der Waals surface area contributed by atoms with Crippen molar-refractivity contribution in [2.45, 2.75) is 0 Å². The maximum atomic E-state index is 14.0. The number of hydrogen-bond donors (Lipinski definition) is 1. The van der Waals surface area contributed by atoms with Crippen LogP contribution in [0, 0.1) is 11.6 Å². The number of nitrogens with two attached hydrogens (primary N) is 1. The first kappa shape index (κ1) is 13.6. The van der Waals surface area contributed by atoms with Gasteiger partial charge >= 0.3 is 0 Å². The third kappa shape index (κ3) is 2.48. The lowest BCUT2D eigenvalue weighted by atomic mass is 10.0. The number of anilines is 1. The molecule has 0 saturated heterocycles. The molecule has 2 aromatic carbocycles. The van der Waals surface area contributed by atoms with E-state index in [0.29, 0.717) is 10.6 Å². The Hall–Kier alpha value is -2.40. The number of nitrogens with zero attached hydrogens (tertiary/aromatic N) is 1. The molecule has 6 heteroatoms. The van der Waals surface area contributed by atoms with Crippen LogP contribution in [0.4, 0.5) is 14.6 Å². The molecule has 2 N–H and O–H groups in total. The third-order valence-electron chi connectivity index (χ3n) is 3.01. The number of nitrogen functional groups attached to an aromatic ring is 1. The number of aromatic nitrogens is 1. The molecule has 0 bridgehead atoms. The van der Waals surface area contributed by atoms with E-state index in [9.17, 15) is 8.78 Å². The lowest BCUT2D eigenvalue weighted by Gasteiger charge is -2.05. The van der Waals surface area contributed by atoms with Crippen LogP contribution in [0.3, 0.4) is 0 Å². The fraction of sp³-hybridized carbons (Fsp3) is 0. The monoisotopic (exact) mass is 306 g/mol. The molecule has 21 heavy (non-hydrogen) atoms. The van der Waals surface area contributed by atoms with Gasteiger partial charge in [0, 0.05) is 22.2 Å². The third-order valence-corrected chi connectivity index (χ3v) is 3.24. The summed E-state index contributed by atoms with van der Waals surface area (Å²) in [6.45, 7) is 0. The molecule has 1 aromatic heterocycles. The molecule has 0 aliphatic heterocycles. The van der Waals surface area contributed by atoms with E-state index in [1.165, 1.54) is 6.07 Å². The quantitative estimate of drug-likeness (QED) is 0.757. The van der Waals surface area contributed by atoms with E-state index in [1.807, 2.05) is 0 Å². The highest BCUT2D eigenvalue weighted by molar-refractivity contribution is 6.30. The molecule has 3 nitrogen and oxygen atoms in total. The van der Waals surface area contributed by atoms with Gasteiger partial charge in [-0.05, 0) is 24.3 Å². The van der Waals surface area contributed by atoms with Gasteiger partial charge in [0.2, 0.25) is 0 Å². The first-order chi connectivity index (χ1) is 10.1. The molecular formula is C15H9ClF2N2O. The lowest BCUT2D eigenvalue weighted by molar-refractivity contribution is 0.436. The van der Waals surface area contributed by atoms with E-state index in [-0.39, 0.29) is 22.7 Å². The van der Waals surface area contributed by atoms with Crippen LogP contribution in [0.2, 0.25) is 5.02 Å².